The first-order valence-corrected chi connectivity index (χ1v) is 7.30. The molecule has 1 aromatic rings. The number of hydrogen-bond donors (Lipinski definition) is 2. The van der Waals surface area contributed by atoms with E-state index in [-0.39, 0.29) is 24.4 Å². The highest BCUT2D eigenvalue weighted by Crippen LogP contribution is 2.18. The van der Waals surface area contributed by atoms with Gasteiger partial charge < -0.3 is 16.0 Å². The quantitative estimate of drug-likeness (QED) is 0.840. The lowest BCUT2D eigenvalue weighted by atomic mass is 9.92. The Hall–Kier alpha value is -1.95. The fourth-order valence-electron chi connectivity index (χ4n) is 2.52. The summed E-state index contributed by atoms with van der Waals surface area (Å²) in [5.74, 6) is -0.0523. The molecule has 1 fully saturated rings. The number of nitrogens with two attached hydrogens (primary N) is 1. The van der Waals surface area contributed by atoms with E-state index in [1.165, 1.54) is 0 Å². The smallest absolute Gasteiger partial charge is 0.270 e. The van der Waals surface area contributed by atoms with Crippen molar-refractivity contribution in [2.75, 3.05) is 19.6 Å². The van der Waals surface area contributed by atoms with E-state index in [2.05, 4.69) is 10.3 Å². The van der Waals surface area contributed by atoms with Crippen molar-refractivity contribution in [2.45, 2.75) is 25.8 Å². The Bertz CT molecular complexity index is 490. The van der Waals surface area contributed by atoms with Crippen molar-refractivity contribution in [1.82, 2.24) is 15.2 Å². The molecule has 2 amide bonds. The van der Waals surface area contributed by atoms with Crippen LogP contribution in [0.4, 0.5) is 0 Å². The van der Waals surface area contributed by atoms with Gasteiger partial charge in [0.2, 0.25) is 5.91 Å². The average Bonchev–Trinajstić information content (AvgIpc) is 2.53. The molecule has 2 unspecified atom stereocenters. The van der Waals surface area contributed by atoms with E-state index >= 15 is 0 Å². The van der Waals surface area contributed by atoms with Gasteiger partial charge in [0.05, 0.1) is 6.54 Å². The van der Waals surface area contributed by atoms with Crippen molar-refractivity contribution in [3.8, 4) is 0 Å². The number of hydrogen-bond acceptors (Lipinski definition) is 4. The van der Waals surface area contributed by atoms with Crippen LogP contribution in [-0.4, -0.2) is 47.4 Å². The summed E-state index contributed by atoms with van der Waals surface area (Å²) < 4.78 is 0. The second-order valence-corrected chi connectivity index (χ2v) is 5.50. The highest BCUT2D eigenvalue weighted by molar-refractivity contribution is 5.94. The molecule has 1 aliphatic rings. The molecule has 1 aromatic heterocycles. The first kappa shape index (κ1) is 15.4. The zero-order chi connectivity index (χ0) is 15.2. The summed E-state index contributed by atoms with van der Waals surface area (Å²) in [4.78, 5) is 29.7. The Labute approximate surface area is 124 Å². The van der Waals surface area contributed by atoms with Gasteiger partial charge in [-0.3, -0.25) is 14.6 Å². The number of carbonyl (C=O) groups is 2. The Balaban J connectivity index is 1.83. The lowest BCUT2D eigenvalue weighted by molar-refractivity contribution is -0.132. The predicted octanol–water partition coefficient (Wildman–Crippen LogP) is 0.397. The van der Waals surface area contributed by atoms with Crippen LogP contribution in [0.1, 0.15) is 30.3 Å². The molecule has 0 bridgehead atoms. The molecule has 0 aliphatic carbocycles. The molecule has 2 heterocycles. The minimum atomic E-state index is -0.329. The van der Waals surface area contributed by atoms with Crippen LogP contribution in [0, 0.1) is 5.92 Å². The van der Waals surface area contributed by atoms with Crippen molar-refractivity contribution in [3.05, 3.63) is 30.1 Å². The van der Waals surface area contributed by atoms with Gasteiger partial charge in [-0.1, -0.05) is 6.07 Å². The molecule has 0 spiro atoms. The molecule has 2 rings (SSSR count). The molecule has 0 saturated carbocycles. The maximum atomic E-state index is 12.2. The van der Waals surface area contributed by atoms with Gasteiger partial charge in [-0.2, -0.15) is 0 Å². The summed E-state index contributed by atoms with van der Waals surface area (Å²) in [5.41, 5.74) is 6.23. The van der Waals surface area contributed by atoms with Crippen molar-refractivity contribution in [1.29, 1.82) is 0 Å². The third-order valence-corrected chi connectivity index (χ3v) is 3.85. The first-order valence-electron chi connectivity index (χ1n) is 7.30. The summed E-state index contributed by atoms with van der Waals surface area (Å²) >= 11 is 0. The molecule has 6 nitrogen and oxygen atoms in total. The van der Waals surface area contributed by atoms with Crippen molar-refractivity contribution in [2.24, 2.45) is 11.7 Å². The maximum Gasteiger partial charge on any atom is 0.270 e. The molecule has 2 atom stereocenters. The average molecular weight is 290 g/mol. The molecule has 0 aromatic carbocycles. The lowest BCUT2D eigenvalue weighted by Gasteiger charge is -2.34. The van der Waals surface area contributed by atoms with Crippen LogP contribution in [0.25, 0.3) is 0 Å². The largest absolute Gasteiger partial charge is 0.342 e. The maximum absolute atomic E-state index is 12.2. The second kappa shape index (κ2) is 7.17. The van der Waals surface area contributed by atoms with Crippen molar-refractivity contribution in [3.63, 3.8) is 0 Å². The number of piperidine rings is 1. The molecule has 1 aliphatic heterocycles. The van der Waals surface area contributed by atoms with Gasteiger partial charge in [0, 0.05) is 25.3 Å². The molecule has 114 valence electrons. The molecular formula is C15H22N4O2. The normalized spacial score (nSPS) is 19.9. The second-order valence-electron chi connectivity index (χ2n) is 5.50. The highest BCUT2D eigenvalue weighted by Gasteiger charge is 2.25. The molecule has 3 N–H and O–H groups in total. The van der Waals surface area contributed by atoms with Gasteiger partial charge in [0.1, 0.15) is 5.69 Å². The molecule has 0 radical (unpaired) electrons. The third kappa shape index (κ3) is 4.26. The minimum Gasteiger partial charge on any atom is -0.342 e. The Morgan fingerprint density at radius 3 is 3.00 bits per heavy atom. The van der Waals surface area contributed by atoms with Crippen LogP contribution < -0.4 is 11.1 Å². The number of nitrogens with zero attached hydrogens (tertiary/aromatic N) is 2. The van der Waals surface area contributed by atoms with E-state index in [0.717, 1.165) is 19.4 Å². The van der Waals surface area contributed by atoms with E-state index in [9.17, 15) is 9.59 Å². The number of likely N-dealkylation sites (tertiary alicyclic amines) is 1. The van der Waals surface area contributed by atoms with E-state index < -0.39 is 0 Å². The van der Waals surface area contributed by atoms with E-state index in [1.807, 2.05) is 6.92 Å². The van der Waals surface area contributed by atoms with Gasteiger partial charge in [0.15, 0.2) is 0 Å². The van der Waals surface area contributed by atoms with Gasteiger partial charge in [-0.25, -0.2) is 0 Å². The highest BCUT2D eigenvalue weighted by atomic mass is 16.2. The van der Waals surface area contributed by atoms with E-state index in [4.69, 9.17) is 5.73 Å². The molecule has 1 saturated heterocycles. The number of amides is 2. The van der Waals surface area contributed by atoms with E-state index in [1.54, 1.807) is 29.3 Å². The van der Waals surface area contributed by atoms with Gasteiger partial charge in [-0.05, 0) is 37.8 Å². The third-order valence-electron chi connectivity index (χ3n) is 3.85. The van der Waals surface area contributed by atoms with Gasteiger partial charge in [0.25, 0.3) is 5.91 Å². The fraction of sp³-hybridized carbons (Fsp3) is 0.533. The van der Waals surface area contributed by atoms with Crippen LogP contribution in [0.2, 0.25) is 0 Å². The summed E-state index contributed by atoms with van der Waals surface area (Å²) in [5, 5.41) is 2.62. The van der Waals surface area contributed by atoms with Crippen LogP contribution in [-0.2, 0) is 4.79 Å². The van der Waals surface area contributed by atoms with Crippen LogP contribution in [0.15, 0.2) is 24.4 Å². The first-order chi connectivity index (χ1) is 10.1. The Morgan fingerprint density at radius 2 is 2.33 bits per heavy atom. The minimum absolute atomic E-state index is 0.00107. The number of rotatable bonds is 4. The molecule has 21 heavy (non-hydrogen) atoms. The zero-order valence-corrected chi connectivity index (χ0v) is 12.3. The predicted molar refractivity (Wildman–Crippen MR) is 79.5 cm³/mol. The van der Waals surface area contributed by atoms with E-state index in [0.29, 0.717) is 18.2 Å². The number of aromatic nitrogens is 1. The zero-order valence-electron chi connectivity index (χ0n) is 12.3. The van der Waals surface area contributed by atoms with Crippen LogP contribution >= 0.6 is 0 Å². The van der Waals surface area contributed by atoms with Crippen molar-refractivity contribution >= 4 is 11.8 Å². The van der Waals surface area contributed by atoms with Gasteiger partial charge >= 0.3 is 0 Å². The number of pyridine rings is 1. The fourth-order valence-corrected chi connectivity index (χ4v) is 2.52. The van der Waals surface area contributed by atoms with Crippen LogP contribution in [0.5, 0.6) is 0 Å². The lowest BCUT2D eigenvalue weighted by Crippen LogP contribution is -2.48. The summed E-state index contributed by atoms with van der Waals surface area (Å²) in [7, 11) is 0. The molecular weight excluding hydrogens is 268 g/mol. The van der Waals surface area contributed by atoms with Crippen molar-refractivity contribution < 1.29 is 9.59 Å². The monoisotopic (exact) mass is 290 g/mol. The summed E-state index contributed by atoms with van der Waals surface area (Å²) in [6, 6.07) is 5.18. The van der Waals surface area contributed by atoms with Gasteiger partial charge in [-0.15, -0.1) is 0 Å². The van der Waals surface area contributed by atoms with Crippen LogP contribution in [0.3, 0.4) is 0 Å². The summed E-state index contributed by atoms with van der Waals surface area (Å²) in [6.07, 6.45) is 3.57. The summed E-state index contributed by atoms with van der Waals surface area (Å²) in [6.45, 7) is 3.39. The number of nitrogens with one attached hydrogen (secondary N) is 1. The topological polar surface area (TPSA) is 88.3 Å². The standard InChI is InChI=1S/C15H22N4O2/c1-11(16)12-5-4-8-19(10-12)14(20)9-18-15(21)13-6-2-3-7-17-13/h2-3,6-7,11-12H,4-5,8-10,16H2,1H3,(H,18,21). The Morgan fingerprint density at radius 1 is 1.52 bits per heavy atom. The molecule has 6 heteroatoms. The SMILES string of the molecule is CC(N)C1CCCN(C(=O)CNC(=O)c2ccccn2)C1. The number of carbonyl (C=O) groups excluding carboxylic acids is 2. The Kier molecular flexibility index (Phi) is 5.27.